The molecule has 0 aromatic rings. The van der Waals surface area contributed by atoms with E-state index in [0.717, 1.165) is 6.04 Å². The molecule has 3 heteroatoms. The molecule has 0 bridgehead atoms. The number of rotatable bonds is 4. The molecule has 2 radical (unpaired) electrons. The van der Waals surface area contributed by atoms with E-state index in [9.17, 15) is 0 Å². The van der Waals surface area contributed by atoms with E-state index in [1.165, 1.54) is 0 Å². The molecule has 1 nitrogen and oxygen atoms in total. The number of hydrogen-bond donors (Lipinski definition) is 0. The quantitative estimate of drug-likeness (QED) is 0.569. The Labute approximate surface area is 61.2 Å². The zero-order valence-corrected chi connectivity index (χ0v) is 8.40. The molecule has 0 aliphatic heterocycles. The van der Waals surface area contributed by atoms with Crippen LogP contribution in [0.5, 0.6) is 0 Å². The van der Waals surface area contributed by atoms with Crippen LogP contribution in [0.15, 0.2) is 12.3 Å². The molecule has 0 atom stereocenters. The molecule has 0 saturated heterocycles. The maximum absolute atomic E-state index is 5.58. The Hall–Kier alpha value is 0.134. The van der Waals surface area contributed by atoms with E-state index in [0.29, 0.717) is 9.76 Å². The summed E-state index contributed by atoms with van der Waals surface area (Å²) in [5.74, 6) is 0. The van der Waals surface area contributed by atoms with Gasteiger partial charge in [0.1, 0.15) is 0 Å². The van der Waals surface area contributed by atoms with Crippen molar-refractivity contribution in [1.82, 2.24) is 0 Å². The van der Waals surface area contributed by atoms with Gasteiger partial charge in [-0.25, -0.2) is 0 Å². The minimum Gasteiger partial charge on any atom is -0.453 e. The molecular formula is C6H14OSi2. The summed E-state index contributed by atoms with van der Waals surface area (Å²) in [5.41, 5.74) is 1.97. The van der Waals surface area contributed by atoms with Crippen molar-refractivity contribution in [3.05, 3.63) is 12.3 Å². The van der Waals surface area contributed by atoms with Gasteiger partial charge in [0.25, 0.3) is 0 Å². The van der Waals surface area contributed by atoms with Crippen LogP contribution in [0.1, 0.15) is 6.92 Å². The molecule has 0 rings (SSSR count). The van der Waals surface area contributed by atoms with Crippen LogP contribution in [0.4, 0.5) is 0 Å². The van der Waals surface area contributed by atoms with Gasteiger partial charge < -0.3 is 4.12 Å². The predicted octanol–water partition coefficient (Wildman–Crippen LogP) is 1.99. The third kappa shape index (κ3) is 4.63. The first-order valence-corrected chi connectivity index (χ1v) is 7.27. The fraction of sp³-hybridized carbons (Fsp3) is 0.667. The van der Waals surface area contributed by atoms with E-state index in [1.54, 1.807) is 0 Å². The normalized spacial score (nSPS) is 11.4. The van der Waals surface area contributed by atoms with Crippen LogP contribution in [-0.4, -0.2) is 18.1 Å². The number of hydrogen-bond acceptors (Lipinski definition) is 1. The van der Waals surface area contributed by atoms with Crippen molar-refractivity contribution in [2.24, 2.45) is 0 Å². The lowest BCUT2D eigenvalue weighted by atomic mass is 11.0. The van der Waals surface area contributed by atoms with Crippen LogP contribution in [0.3, 0.4) is 0 Å². The third-order valence-electron chi connectivity index (χ3n) is 0.971. The van der Waals surface area contributed by atoms with E-state index in [2.05, 4.69) is 26.6 Å². The highest BCUT2D eigenvalue weighted by atomic mass is 28.4. The van der Waals surface area contributed by atoms with Crippen LogP contribution in [-0.2, 0) is 4.12 Å². The average molecular weight is 158 g/mol. The van der Waals surface area contributed by atoms with Gasteiger partial charge in [-0.3, -0.25) is 0 Å². The third-order valence-corrected chi connectivity index (χ3v) is 4.92. The van der Waals surface area contributed by atoms with Gasteiger partial charge in [-0.15, -0.1) is 6.58 Å². The fourth-order valence-corrected chi connectivity index (χ4v) is 2.70. The Bertz CT molecular complexity index is 91.1. The summed E-state index contributed by atoms with van der Waals surface area (Å²) in [7, 11) is -0.758. The second-order valence-electron chi connectivity index (χ2n) is 2.41. The summed E-state index contributed by atoms with van der Waals surface area (Å²) < 4.78 is 5.58. The average Bonchev–Trinajstić information content (AvgIpc) is 1.84. The molecule has 0 aromatic heterocycles. The molecule has 0 N–H and O–H groups in total. The second kappa shape index (κ2) is 4.03. The summed E-state index contributed by atoms with van der Waals surface area (Å²) in [6.07, 6.45) is 0. The lowest BCUT2D eigenvalue weighted by Gasteiger charge is -2.16. The maximum Gasteiger partial charge on any atom is 0.214 e. The molecule has 0 aliphatic rings. The van der Waals surface area contributed by atoms with Gasteiger partial charge in [-0.2, -0.15) is 0 Å². The zero-order valence-electron chi connectivity index (χ0n) is 6.40. The van der Waals surface area contributed by atoms with Gasteiger partial charge in [-0.1, -0.05) is 12.6 Å². The first kappa shape index (κ1) is 9.13. The summed E-state index contributed by atoms with van der Waals surface area (Å²) in [6.45, 7) is 10.2. The molecule has 0 heterocycles. The Morgan fingerprint density at radius 1 is 1.67 bits per heavy atom. The van der Waals surface area contributed by atoms with Crippen LogP contribution >= 0.6 is 0 Å². The topological polar surface area (TPSA) is 9.23 Å². The van der Waals surface area contributed by atoms with E-state index < -0.39 is 8.32 Å². The highest BCUT2D eigenvalue weighted by Crippen LogP contribution is 2.03. The van der Waals surface area contributed by atoms with Crippen molar-refractivity contribution >= 4 is 18.1 Å². The molecule has 0 amide bonds. The van der Waals surface area contributed by atoms with Gasteiger partial charge in [-0.05, 0) is 19.1 Å². The largest absolute Gasteiger partial charge is 0.453 e. The first-order chi connectivity index (χ1) is 4.12. The second-order valence-corrected chi connectivity index (χ2v) is 7.83. The summed E-state index contributed by atoms with van der Waals surface area (Å²) >= 11 is 0. The lowest BCUT2D eigenvalue weighted by Crippen LogP contribution is -2.29. The molecule has 9 heavy (non-hydrogen) atoms. The van der Waals surface area contributed by atoms with Crippen molar-refractivity contribution in [2.75, 3.05) is 0 Å². The Kier molecular flexibility index (Phi) is 4.09. The maximum atomic E-state index is 5.58. The van der Waals surface area contributed by atoms with Gasteiger partial charge in [0.05, 0.1) is 0 Å². The standard InChI is InChI=1S/C6H14OSi2/c1-5-8-7-9(3,4)6-2/h6H,2,5H2,1,3-4H3. The molecule has 0 aliphatic carbocycles. The van der Waals surface area contributed by atoms with Gasteiger partial charge >= 0.3 is 0 Å². The summed E-state index contributed by atoms with van der Waals surface area (Å²) in [5, 5.41) is 0. The molecule has 0 spiro atoms. The molecule has 0 fully saturated rings. The van der Waals surface area contributed by atoms with E-state index in [1.807, 2.05) is 5.70 Å². The summed E-state index contributed by atoms with van der Waals surface area (Å²) in [4.78, 5) is 0. The minimum atomic E-state index is -1.42. The summed E-state index contributed by atoms with van der Waals surface area (Å²) in [6, 6.07) is 1.13. The van der Waals surface area contributed by atoms with E-state index >= 15 is 0 Å². The van der Waals surface area contributed by atoms with Crippen molar-refractivity contribution in [1.29, 1.82) is 0 Å². The monoisotopic (exact) mass is 158 g/mol. The minimum absolute atomic E-state index is 0.664. The molecule has 0 aromatic carbocycles. The smallest absolute Gasteiger partial charge is 0.214 e. The molecule has 0 unspecified atom stereocenters. The van der Waals surface area contributed by atoms with Crippen LogP contribution < -0.4 is 0 Å². The molecule has 0 saturated carbocycles. The Balaban J connectivity index is 3.45. The van der Waals surface area contributed by atoms with E-state index in [-0.39, 0.29) is 0 Å². The first-order valence-electron chi connectivity index (χ1n) is 3.17. The van der Waals surface area contributed by atoms with Crippen molar-refractivity contribution in [3.63, 3.8) is 0 Å². The lowest BCUT2D eigenvalue weighted by molar-refractivity contribution is 0.603. The fourth-order valence-electron chi connectivity index (χ4n) is 0.300. The van der Waals surface area contributed by atoms with Crippen LogP contribution in [0.2, 0.25) is 19.1 Å². The van der Waals surface area contributed by atoms with Crippen LogP contribution in [0.25, 0.3) is 0 Å². The van der Waals surface area contributed by atoms with Crippen LogP contribution in [0, 0.1) is 0 Å². The molecule has 52 valence electrons. The van der Waals surface area contributed by atoms with Gasteiger partial charge in [0.2, 0.25) is 9.76 Å². The SMILES string of the molecule is C=C[Si](C)(C)O[Si]CC. The predicted molar refractivity (Wildman–Crippen MR) is 45.0 cm³/mol. The Morgan fingerprint density at radius 2 is 2.22 bits per heavy atom. The van der Waals surface area contributed by atoms with Crippen molar-refractivity contribution in [2.45, 2.75) is 26.1 Å². The van der Waals surface area contributed by atoms with Gasteiger partial charge in [0.15, 0.2) is 8.32 Å². The highest BCUT2D eigenvalue weighted by molar-refractivity contribution is 6.79. The highest BCUT2D eigenvalue weighted by Gasteiger charge is 2.15. The molecular weight excluding hydrogens is 144 g/mol. The van der Waals surface area contributed by atoms with Crippen molar-refractivity contribution < 1.29 is 4.12 Å². The zero-order chi connectivity index (χ0) is 7.33. The van der Waals surface area contributed by atoms with Crippen molar-refractivity contribution in [3.8, 4) is 0 Å². The Morgan fingerprint density at radius 3 is 2.56 bits per heavy atom. The van der Waals surface area contributed by atoms with Gasteiger partial charge in [0, 0.05) is 0 Å². The van der Waals surface area contributed by atoms with E-state index in [4.69, 9.17) is 4.12 Å².